The fourth-order valence-corrected chi connectivity index (χ4v) is 3.09. The highest BCUT2D eigenvalue weighted by Gasteiger charge is 2.10. The molecule has 0 aliphatic carbocycles. The Bertz CT molecular complexity index is 1050. The number of aryl methyl sites for hydroxylation is 2. The SMILES string of the molecule is CCCCn1c(N=Cc2nc3ccccc3n2C)nc2ccccc21. The van der Waals surface area contributed by atoms with Crippen LogP contribution in [0.1, 0.15) is 25.6 Å². The summed E-state index contributed by atoms with van der Waals surface area (Å²) in [6.45, 7) is 3.12. The number of benzene rings is 2. The van der Waals surface area contributed by atoms with Gasteiger partial charge in [-0.2, -0.15) is 0 Å². The molecule has 25 heavy (non-hydrogen) atoms. The zero-order chi connectivity index (χ0) is 17.2. The minimum Gasteiger partial charge on any atom is -0.326 e. The molecule has 5 nitrogen and oxygen atoms in total. The van der Waals surface area contributed by atoms with Crippen molar-refractivity contribution in [1.82, 2.24) is 19.1 Å². The molecule has 5 heteroatoms. The van der Waals surface area contributed by atoms with Gasteiger partial charge in [0.05, 0.1) is 28.3 Å². The van der Waals surface area contributed by atoms with Gasteiger partial charge in [0, 0.05) is 13.6 Å². The molecule has 0 saturated carbocycles. The average Bonchev–Trinajstić information content (AvgIpc) is 3.16. The fourth-order valence-electron chi connectivity index (χ4n) is 3.09. The second kappa shape index (κ2) is 6.51. The Balaban J connectivity index is 1.76. The molecule has 0 fully saturated rings. The number of rotatable bonds is 5. The van der Waals surface area contributed by atoms with Crippen molar-refractivity contribution in [2.75, 3.05) is 0 Å². The van der Waals surface area contributed by atoms with Gasteiger partial charge in [-0.3, -0.25) is 0 Å². The summed E-state index contributed by atoms with van der Waals surface area (Å²) in [5, 5.41) is 0. The summed E-state index contributed by atoms with van der Waals surface area (Å²) in [6.07, 6.45) is 4.05. The normalized spacial score (nSPS) is 11.9. The van der Waals surface area contributed by atoms with Crippen LogP contribution in [0.15, 0.2) is 53.5 Å². The zero-order valence-corrected chi connectivity index (χ0v) is 14.6. The first kappa shape index (κ1) is 15.6. The molecule has 0 amide bonds. The first-order chi connectivity index (χ1) is 12.3. The van der Waals surface area contributed by atoms with E-state index in [9.17, 15) is 0 Å². The van der Waals surface area contributed by atoms with Crippen LogP contribution in [0.2, 0.25) is 0 Å². The van der Waals surface area contributed by atoms with E-state index in [1.54, 1.807) is 0 Å². The van der Waals surface area contributed by atoms with Crippen molar-refractivity contribution in [2.45, 2.75) is 26.3 Å². The molecule has 0 spiro atoms. The van der Waals surface area contributed by atoms with Gasteiger partial charge in [-0.05, 0) is 30.7 Å². The first-order valence-electron chi connectivity index (χ1n) is 8.68. The quantitative estimate of drug-likeness (QED) is 0.506. The van der Waals surface area contributed by atoms with Crippen LogP contribution in [0, 0.1) is 0 Å². The number of nitrogens with zero attached hydrogens (tertiary/aromatic N) is 5. The number of aliphatic imine (C=N–C) groups is 1. The fraction of sp³-hybridized carbons (Fsp3) is 0.250. The molecule has 2 heterocycles. The van der Waals surface area contributed by atoms with Gasteiger partial charge < -0.3 is 9.13 Å². The van der Waals surface area contributed by atoms with Gasteiger partial charge in [0.25, 0.3) is 0 Å². The summed E-state index contributed by atoms with van der Waals surface area (Å²) in [5.74, 6) is 1.57. The number of unbranched alkanes of at least 4 members (excludes halogenated alkanes) is 1. The largest absolute Gasteiger partial charge is 0.326 e. The lowest BCUT2D eigenvalue weighted by Crippen LogP contribution is -1.99. The van der Waals surface area contributed by atoms with Gasteiger partial charge in [0.2, 0.25) is 5.95 Å². The summed E-state index contributed by atoms with van der Waals surface area (Å²) >= 11 is 0. The predicted octanol–water partition coefficient (Wildman–Crippen LogP) is 4.47. The molecule has 2 aromatic carbocycles. The van der Waals surface area contributed by atoms with E-state index < -0.39 is 0 Å². The van der Waals surface area contributed by atoms with Crippen molar-refractivity contribution in [3.63, 3.8) is 0 Å². The van der Waals surface area contributed by atoms with Crippen LogP contribution in [-0.4, -0.2) is 25.3 Å². The Labute approximate surface area is 146 Å². The van der Waals surface area contributed by atoms with E-state index in [1.165, 1.54) is 0 Å². The Morgan fingerprint density at radius 1 is 0.960 bits per heavy atom. The van der Waals surface area contributed by atoms with Crippen molar-refractivity contribution in [1.29, 1.82) is 0 Å². The number of hydrogen-bond acceptors (Lipinski definition) is 3. The van der Waals surface area contributed by atoms with E-state index >= 15 is 0 Å². The monoisotopic (exact) mass is 331 g/mol. The minimum absolute atomic E-state index is 0.738. The Morgan fingerprint density at radius 2 is 1.64 bits per heavy atom. The third kappa shape index (κ3) is 2.82. The molecule has 0 radical (unpaired) electrons. The molecule has 2 aromatic heterocycles. The molecular weight excluding hydrogens is 310 g/mol. The van der Waals surface area contributed by atoms with Crippen LogP contribution >= 0.6 is 0 Å². The van der Waals surface area contributed by atoms with Crippen molar-refractivity contribution >= 4 is 34.2 Å². The topological polar surface area (TPSA) is 48.0 Å². The van der Waals surface area contributed by atoms with Crippen LogP contribution in [0.5, 0.6) is 0 Å². The Morgan fingerprint density at radius 3 is 2.36 bits per heavy atom. The highest BCUT2D eigenvalue weighted by atomic mass is 15.2. The first-order valence-corrected chi connectivity index (χ1v) is 8.68. The van der Waals surface area contributed by atoms with Crippen LogP contribution < -0.4 is 0 Å². The van der Waals surface area contributed by atoms with Crippen LogP contribution in [-0.2, 0) is 13.6 Å². The lowest BCUT2D eigenvalue weighted by atomic mass is 10.3. The van der Waals surface area contributed by atoms with Gasteiger partial charge >= 0.3 is 0 Å². The molecule has 0 bridgehead atoms. The summed E-state index contributed by atoms with van der Waals surface area (Å²) in [7, 11) is 2.01. The Hall–Kier alpha value is -2.95. The highest BCUT2D eigenvalue weighted by molar-refractivity contribution is 5.86. The van der Waals surface area contributed by atoms with Gasteiger partial charge in [-0.25, -0.2) is 15.0 Å². The molecule has 0 unspecified atom stereocenters. The zero-order valence-electron chi connectivity index (χ0n) is 14.6. The van der Waals surface area contributed by atoms with Gasteiger partial charge in [-0.15, -0.1) is 0 Å². The number of imidazole rings is 2. The van der Waals surface area contributed by atoms with Crippen molar-refractivity contribution in [3.8, 4) is 0 Å². The molecule has 0 N–H and O–H groups in total. The Kier molecular flexibility index (Phi) is 4.06. The average molecular weight is 331 g/mol. The predicted molar refractivity (Wildman–Crippen MR) is 103 cm³/mol. The minimum atomic E-state index is 0.738. The maximum Gasteiger partial charge on any atom is 0.230 e. The molecule has 0 aliphatic heterocycles. The summed E-state index contributed by atoms with van der Waals surface area (Å²) < 4.78 is 4.25. The van der Waals surface area contributed by atoms with Gasteiger partial charge in [-0.1, -0.05) is 37.6 Å². The summed E-state index contributed by atoms with van der Waals surface area (Å²) in [5.41, 5.74) is 4.19. The smallest absolute Gasteiger partial charge is 0.230 e. The van der Waals surface area contributed by atoms with Crippen LogP contribution in [0.3, 0.4) is 0 Å². The van der Waals surface area contributed by atoms with Crippen molar-refractivity contribution in [2.24, 2.45) is 12.0 Å². The second-order valence-electron chi connectivity index (χ2n) is 6.18. The van der Waals surface area contributed by atoms with Crippen LogP contribution in [0.25, 0.3) is 22.1 Å². The van der Waals surface area contributed by atoms with Crippen molar-refractivity contribution < 1.29 is 0 Å². The van der Waals surface area contributed by atoms with Crippen LogP contribution in [0.4, 0.5) is 5.95 Å². The van der Waals surface area contributed by atoms with E-state index in [4.69, 9.17) is 4.98 Å². The number of aromatic nitrogens is 4. The van der Waals surface area contributed by atoms with Gasteiger partial charge in [0.15, 0.2) is 5.82 Å². The van der Waals surface area contributed by atoms with E-state index in [-0.39, 0.29) is 0 Å². The molecular formula is C20H21N5. The molecule has 0 atom stereocenters. The van der Waals surface area contributed by atoms with Crippen molar-refractivity contribution in [3.05, 3.63) is 54.4 Å². The molecule has 0 saturated heterocycles. The van der Waals surface area contributed by atoms with E-state index in [0.29, 0.717) is 0 Å². The molecule has 126 valence electrons. The maximum absolute atomic E-state index is 4.69. The standard InChI is InChI=1S/C20H21N5/c1-3-4-13-25-18-12-8-6-10-16(18)23-20(25)21-14-19-22-15-9-5-7-11-17(15)24(19)2/h5-12,14H,3-4,13H2,1-2H3. The number of hydrogen-bond donors (Lipinski definition) is 0. The van der Waals surface area contributed by atoms with Gasteiger partial charge in [0.1, 0.15) is 0 Å². The van der Waals surface area contributed by atoms with E-state index in [1.807, 2.05) is 49.7 Å². The summed E-state index contributed by atoms with van der Waals surface area (Å²) in [4.78, 5) is 14.0. The highest BCUT2D eigenvalue weighted by Crippen LogP contribution is 2.22. The lowest BCUT2D eigenvalue weighted by Gasteiger charge is -2.05. The maximum atomic E-state index is 4.69. The lowest BCUT2D eigenvalue weighted by molar-refractivity contribution is 0.649. The third-order valence-corrected chi connectivity index (χ3v) is 4.49. The number of fused-ring (bicyclic) bond motifs is 2. The second-order valence-corrected chi connectivity index (χ2v) is 6.18. The van der Waals surface area contributed by atoms with E-state index in [2.05, 4.69) is 38.2 Å². The third-order valence-electron chi connectivity index (χ3n) is 4.49. The molecule has 4 aromatic rings. The molecule has 4 rings (SSSR count). The molecule has 0 aliphatic rings. The van der Waals surface area contributed by atoms with E-state index in [0.717, 1.165) is 53.2 Å². The number of para-hydroxylation sites is 4. The summed E-state index contributed by atoms with van der Waals surface area (Å²) in [6, 6.07) is 16.3.